The van der Waals surface area contributed by atoms with E-state index in [2.05, 4.69) is 0 Å². The minimum Gasteiger partial charge on any atom is -0.343 e. The molecule has 0 saturated carbocycles. The van der Waals surface area contributed by atoms with Gasteiger partial charge in [-0.1, -0.05) is 12.1 Å². The molecule has 1 fully saturated rings. The van der Waals surface area contributed by atoms with Crippen LogP contribution in [0.5, 0.6) is 0 Å². The second-order valence-electron chi connectivity index (χ2n) is 4.63. The summed E-state index contributed by atoms with van der Waals surface area (Å²) >= 11 is 0. The highest BCUT2D eigenvalue weighted by Gasteiger charge is 2.27. The van der Waals surface area contributed by atoms with Gasteiger partial charge in [-0.15, -0.1) is 0 Å². The van der Waals surface area contributed by atoms with Gasteiger partial charge in [0.1, 0.15) is 0 Å². The molecule has 2 rings (SSSR count). The van der Waals surface area contributed by atoms with Gasteiger partial charge in [0, 0.05) is 31.7 Å². The lowest BCUT2D eigenvalue weighted by Gasteiger charge is -2.31. The molecule has 0 bridgehead atoms. The van der Waals surface area contributed by atoms with Crippen LogP contribution in [0.4, 0.5) is 0 Å². The molecule has 1 aliphatic heterocycles. The standard InChI is InChI=1S/C13H16N2O4S/c1-11(17)12-2-4-13(5-3-12)20(18,19)15-8-6-14(10-16)7-9-15/h2-5,10H,6-9H2,1H3. The summed E-state index contributed by atoms with van der Waals surface area (Å²) in [7, 11) is -3.56. The van der Waals surface area contributed by atoms with Crippen molar-refractivity contribution < 1.29 is 18.0 Å². The van der Waals surface area contributed by atoms with Crippen molar-refractivity contribution in [3.8, 4) is 0 Å². The van der Waals surface area contributed by atoms with Gasteiger partial charge in [-0.3, -0.25) is 9.59 Å². The normalized spacial score (nSPS) is 16.9. The number of carbonyl (C=O) groups excluding carboxylic acids is 2. The molecule has 0 spiro atoms. The molecule has 1 aromatic rings. The fraction of sp³-hybridized carbons (Fsp3) is 0.385. The third-order valence-corrected chi connectivity index (χ3v) is 5.23. The van der Waals surface area contributed by atoms with Crippen LogP contribution < -0.4 is 0 Å². The van der Waals surface area contributed by atoms with Crippen LogP contribution in [-0.2, 0) is 14.8 Å². The molecule has 0 aliphatic carbocycles. The minimum absolute atomic E-state index is 0.103. The third-order valence-electron chi connectivity index (χ3n) is 3.32. The van der Waals surface area contributed by atoms with E-state index in [0.29, 0.717) is 18.7 Å². The zero-order valence-electron chi connectivity index (χ0n) is 11.2. The van der Waals surface area contributed by atoms with Crippen LogP contribution >= 0.6 is 0 Å². The lowest BCUT2D eigenvalue weighted by Crippen LogP contribution is -2.47. The van der Waals surface area contributed by atoms with Crippen LogP contribution in [0.25, 0.3) is 0 Å². The molecule has 1 saturated heterocycles. The summed E-state index contributed by atoms with van der Waals surface area (Å²) in [5, 5.41) is 0. The smallest absolute Gasteiger partial charge is 0.243 e. The van der Waals surface area contributed by atoms with Crippen molar-refractivity contribution in [3.05, 3.63) is 29.8 Å². The fourth-order valence-electron chi connectivity index (χ4n) is 2.06. The molecule has 108 valence electrons. The van der Waals surface area contributed by atoms with Gasteiger partial charge in [0.15, 0.2) is 5.78 Å². The van der Waals surface area contributed by atoms with Gasteiger partial charge in [0.05, 0.1) is 4.90 Å². The Labute approximate surface area is 118 Å². The number of sulfonamides is 1. The maximum absolute atomic E-state index is 12.4. The van der Waals surface area contributed by atoms with Crippen LogP contribution in [0, 0.1) is 0 Å². The molecule has 0 unspecified atom stereocenters. The third kappa shape index (κ3) is 2.88. The van der Waals surface area contributed by atoms with Crippen LogP contribution in [-0.4, -0.2) is 56.0 Å². The number of Topliss-reactive ketones (excluding diaryl/α,β-unsaturated/α-hetero) is 1. The maximum Gasteiger partial charge on any atom is 0.243 e. The Hall–Kier alpha value is -1.73. The number of carbonyl (C=O) groups is 2. The SMILES string of the molecule is CC(=O)c1ccc(S(=O)(=O)N2CCN(C=O)CC2)cc1. The lowest BCUT2D eigenvalue weighted by molar-refractivity contribution is -0.119. The summed E-state index contributed by atoms with van der Waals surface area (Å²) in [6, 6.07) is 5.91. The molecule has 1 heterocycles. The minimum atomic E-state index is -3.56. The number of nitrogens with zero attached hydrogens (tertiary/aromatic N) is 2. The summed E-state index contributed by atoms with van der Waals surface area (Å²) in [5.74, 6) is -0.103. The van der Waals surface area contributed by atoms with E-state index in [1.165, 1.54) is 35.5 Å². The Balaban J connectivity index is 2.18. The van der Waals surface area contributed by atoms with Crippen molar-refractivity contribution in [3.63, 3.8) is 0 Å². The molecule has 1 aliphatic rings. The number of amides is 1. The first kappa shape index (κ1) is 14.7. The Kier molecular flexibility index (Phi) is 4.20. The zero-order valence-corrected chi connectivity index (χ0v) is 12.0. The number of rotatable bonds is 4. The fourth-order valence-corrected chi connectivity index (χ4v) is 3.48. The van der Waals surface area contributed by atoms with Crippen molar-refractivity contribution in [2.45, 2.75) is 11.8 Å². The van der Waals surface area contributed by atoms with Gasteiger partial charge >= 0.3 is 0 Å². The van der Waals surface area contributed by atoms with E-state index in [0.717, 1.165) is 6.41 Å². The first-order chi connectivity index (χ1) is 9.45. The molecule has 0 aromatic heterocycles. The number of hydrogen-bond donors (Lipinski definition) is 0. The summed E-state index contributed by atoms with van der Waals surface area (Å²) < 4.78 is 26.2. The topological polar surface area (TPSA) is 74.8 Å². The lowest BCUT2D eigenvalue weighted by atomic mass is 10.2. The highest BCUT2D eigenvalue weighted by molar-refractivity contribution is 7.89. The first-order valence-corrected chi connectivity index (χ1v) is 7.69. The molecule has 6 nitrogen and oxygen atoms in total. The van der Waals surface area contributed by atoms with Gasteiger partial charge in [-0.05, 0) is 19.1 Å². The average Bonchev–Trinajstić information content (AvgIpc) is 2.47. The van der Waals surface area contributed by atoms with Gasteiger partial charge < -0.3 is 4.90 Å². The van der Waals surface area contributed by atoms with E-state index in [1.807, 2.05) is 0 Å². The Morgan fingerprint density at radius 3 is 2.10 bits per heavy atom. The molecule has 20 heavy (non-hydrogen) atoms. The number of hydrogen-bond acceptors (Lipinski definition) is 4. The number of benzene rings is 1. The molecular weight excluding hydrogens is 280 g/mol. The average molecular weight is 296 g/mol. The van der Waals surface area contributed by atoms with Crippen molar-refractivity contribution in [2.75, 3.05) is 26.2 Å². The molecule has 7 heteroatoms. The molecular formula is C13H16N2O4S. The van der Waals surface area contributed by atoms with Crippen molar-refractivity contribution >= 4 is 22.2 Å². The Morgan fingerprint density at radius 1 is 1.10 bits per heavy atom. The zero-order chi connectivity index (χ0) is 14.8. The quantitative estimate of drug-likeness (QED) is 0.593. The van der Waals surface area contributed by atoms with Gasteiger partial charge in [0.2, 0.25) is 16.4 Å². The van der Waals surface area contributed by atoms with Crippen LogP contribution in [0.1, 0.15) is 17.3 Å². The molecule has 0 radical (unpaired) electrons. The van der Waals surface area contributed by atoms with E-state index in [-0.39, 0.29) is 23.8 Å². The van der Waals surface area contributed by atoms with Crippen molar-refractivity contribution in [2.24, 2.45) is 0 Å². The molecule has 0 atom stereocenters. The van der Waals surface area contributed by atoms with E-state index < -0.39 is 10.0 Å². The van der Waals surface area contributed by atoms with Crippen molar-refractivity contribution in [1.29, 1.82) is 0 Å². The Bertz CT molecular complexity index is 602. The second-order valence-corrected chi connectivity index (χ2v) is 6.56. The molecule has 1 amide bonds. The second kappa shape index (κ2) is 5.72. The number of piperazine rings is 1. The van der Waals surface area contributed by atoms with E-state index in [4.69, 9.17) is 0 Å². The monoisotopic (exact) mass is 296 g/mol. The van der Waals surface area contributed by atoms with Crippen molar-refractivity contribution in [1.82, 2.24) is 9.21 Å². The van der Waals surface area contributed by atoms with Gasteiger partial charge in [-0.2, -0.15) is 4.31 Å². The molecule has 1 aromatic carbocycles. The summed E-state index contributed by atoms with van der Waals surface area (Å²) in [6.07, 6.45) is 0.728. The summed E-state index contributed by atoms with van der Waals surface area (Å²) in [5.41, 5.74) is 0.481. The predicted molar refractivity (Wildman–Crippen MR) is 72.8 cm³/mol. The van der Waals surface area contributed by atoms with Crippen LogP contribution in [0.3, 0.4) is 0 Å². The van der Waals surface area contributed by atoms with Crippen LogP contribution in [0.15, 0.2) is 29.2 Å². The Morgan fingerprint density at radius 2 is 1.65 bits per heavy atom. The van der Waals surface area contributed by atoms with Gasteiger partial charge in [0.25, 0.3) is 0 Å². The maximum atomic E-state index is 12.4. The van der Waals surface area contributed by atoms with E-state index in [1.54, 1.807) is 4.90 Å². The first-order valence-electron chi connectivity index (χ1n) is 6.25. The van der Waals surface area contributed by atoms with E-state index >= 15 is 0 Å². The highest BCUT2D eigenvalue weighted by atomic mass is 32.2. The van der Waals surface area contributed by atoms with Gasteiger partial charge in [-0.25, -0.2) is 8.42 Å². The number of ketones is 1. The summed E-state index contributed by atoms with van der Waals surface area (Å²) in [6.45, 7) is 2.80. The van der Waals surface area contributed by atoms with Crippen LogP contribution in [0.2, 0.25) is 0 Å². The highest BCUT2D eigenvalue weighted by Crippen LogP contribution is 2.18. The molecule has 0 N–H and O–H groups in total. The summed E-state index contributed by atoms with van der Waals surface area (Å²) in [4.78, 5) is 23.5. The predicted octanol–water partition coefficient (Wildman–Crippen LogP) is 0.352. The van der Waals surface area contributed by atoms with E-state index in [9.17, 15) is 18.0 Å². The largest absolute Gasteiger partial charge is 0.343 e.